The van der Waals surface area contributed by atoms with Crippen LogP contribution in [0.25, 0.3) is 0 Å². The molecule has 0 spiro atoms. The maximum Gasteiger partial charge on any atom is 0.130 e. The Labute approximate surface area is 121 Å². The molecule has 112 valence electrons. The maximum absolute atomic E-state index is 14.0. The first-order chi connectivity index (χ1) is 9.51. The van der Waals surface area contributed by atoms with Gasteiger partial charge in [-0.15, -0.1) is 0 Å². The van der Waals surface area contributed by atoms with Crippen molar-refractivity contribution in [3.63, 3.8) is 0 Å². The van der Waals surface area contributed by atoms with Crippen molar-refractivity contribution in [3.05, 3.63) is 29.6 Å². The molecule has 2 nitrogen and oxygen atoms in total. The van der Waals surface area contributed by atoms with Gasteiger partial charge >= 0.3 is 0 Å². The molecular formula is C17H25FO2. The van der Waals surface area contributed by atoms with Crippen LogP contribution in [0.5, 0.6) is 5.75 Å². The Morgan fingerprint density at radius 1 is 1.35 bits per heavy atom. The van der Waals surface area contributed by atoms with Gasteiger partial charge in [0.2, 0.25) is 0 Å². The van der Waals surface area contributed by atoms with Gasteiger partial charge in [-0.1, -0.05) is 19.9 Å². The Bertz CT molecular complexity index is 445. The van der Waals surface area contributed by atoms with Gasteiger partial charge in [-0.05, 0) is 55.1 Å². The zero-order valence-electron chi connectivity index (χ0n) is 12.6. The predicted octanol–water partition coefficient (Wildman–Crippen LogP) is 3.81. The summed E-state index contributed by atoms with van der Waals surface area (Å²) in [5.41, 5.74) is 0.680. The number of methoxy groups -OCH3 is 1. The molecule has 0 aliphatic heterocycles. The zero-order valence-corrected chi connectivity index (χ0v) is 12.6. The quantitative estimate of drug-likeness (QED) is 0.908. The summed E-state index contributed by atoms with van der Waals surface area (Å²) in [6.07, 6.45) is 3.22. The van der Waals surface area contributed by atoms with E-state index in [1.165, 1.54) is 13.2 Å². The summed E-state index contributed by atoms with van der Waals surface area (Å²) in [5.74, 6) is 1.74. The molecule has 20 heavy (non-hydrogen) atoms. The van der Waals surface area contributed by atoms with Gasteiger partial charge in [0.05, 0.1) is 13.2 Å². The van der Waals surface area contributed by atoms with E-state index in [1.54, 1.807) is 12.1 Å². The van der Waals surface area contributed by atoms with E-state index in [4.69, 9.17) is 4.74 Å². The largest absolute Gasteiger partial charge is 0.497 e. The number of hydrogen-bond donors (Lipinski definition) is 1. The third-order valence-corrected chi connectivity index (χ3v) is 4.67. The zero-order chi connectivity index (χ0) is 14.7. The number of ether oxygens (including phenoxy) is 1. The van der Waals surface area contributed by atoms with E-state index in [2.05, 4.69) is 13.8 Å². The van der Waals surface area contributed by atoms with Crippen LogP contribution in [-0.2, 0) is 6.42 Å². The summed E-state index contributed by atoms with van der Waals surface area (Å²) in [5, 5.41) is 10.2. The highest BCUT2D eigenvalue weighted by molar-refractivity contribution is 5.29. The molecule has 0 amide bonds. The lowest BCUT2D eigenvalue weighted by Crippen LogP contribution is -2.32. The smallest absolute Gasteiger partial charge is 0.130 e. The standard InChI is InChI=1S/C17H25FO2/c1-11(2)12-5-7-17(19)14(8-12)9-13-4-6-15(20-3)10-16(13)18/h4,6,10-12,14,17,19H,5,7-9H2,1-3H3. The Kier molecular flexibility index (Phi) is 5.03. The van der Waals surface area contributed by atoms with Gasteiger partial charge in [-0.2, -0.15) is 0 Å². The topological polar surface area (TPSA) is 29.5 Å². The monoisotopic (exact) mass is 280 g/mol. The maximum atomic E-state index is 14.0. The van der Waals surface area contributed by atoms with Crippen LogP contribution in [0, 0.1) is 23.6 Å². The molecule has 0 saturated heterocycles. The molecule has 3 unspecified atom stereocenters. The highest BCUT2D eigenvalue weighted by atomic mass is 19.1. The number of halogens is 1. The first kappa shape index (κ1) is 15.3. The molecule has 0 heterocycles. The lowest BCUT2D eigenvalue weighted by atomic mass is 9.73. The van der Waals surface area contributed by atoms with Crippen LogP contribution >= 0.6 is 0 Å². The van der Waals surface area contributed by atoms with Gasteiger partial charge in [-0.25, -0.2) is 4.39 Å². The van der Waals surface area contributed by atoms with Crippen LogP contribution in [-0.4, -0.2) is 18.3 Å². The Hall–Kier alpha value is -1.09. The van der Waals surface area contributed by atoms with Crippen molar-refractivity contribution in [1.29, 1.82) is 0 Å². The molecule has 1 N–H and O–H groups in total. The SMILES string of the molecule is COc1ccc(CC2CC(C(C)C)CCC2O)c(F)c1. The van der Waals surface area contributed by atoms with Crippen molar-refractivity contribution in [3.8, 4) is 5.75 Å². The molecule has 1 aliphatic rings. The Morgan fingerprint density at radius 2 is 2.10 bits per heavy atom. The molecule has 1 saturated carbocycles. The molecule has 1 aliphatic carbocycles. The molecule has 1 aromatic rings. The second kappa shape index (κ2) is 6.57. The first-order valence-electron chi connectivity index (χ1n) is 7.51. The lowest BCUT2D eigenvalue weighted by molar-refractivity contribution is 0.0375. The van der Waals surface area contributed by atoms with E-state index in [-0.39, 0.29) is 17.8 Å². The fraction of sp³-hybridized carbons (Fsp3) is 0.647. The molecule has 0 aromatic heterocycles. The summed E-state index contributed by atoms with van der Waals surface area (Å²) in [6, 6.07) is 4.98. The normalized spacial score (nSPS) is 26.8. The summed E-state index contributed by atoms with van der Waals surface area (Å²) < 4.78 is 19.0. The van der Waals surface area contributed by atoms with E-state index in [1.807, 2.05) is 0 Å². The van der Waals surface area contributed by atoms with Gasteiger partial charge < -0.3 is 9.84 Å². The number of aliphatic hydroxyl groups is 1. The number of aliphatic hydroxyl groups excluding tert-OH is 1. The summed E-state index contributed by atoms with van der Waals surface area (Å²) in [4.78, 5) is 0. The minimum absolute atomic E-state index is 0.166. The number of hydrogen-bond acceptors (Lipinski definition) is 2. The van der Waals surface area contributed by atoms with E-state index in [0.29, 0.717) is 29.6 Å². The minimum Gasteiger partial charge on any atom is -0.497 e. The minimum atomic E-state index is -0.300. The highest BCUT2D eigenvalue weighted by Gasteiger charge is 2.31. The second-order valence-corrected chi connectivity index (χ2v) is 6.31. The molecule has 0 bridgehead atoms. The summed E-state index contributed by atoms with van der Waals surface area (Å²) >= 11 is 0. The first-order valence-corrected chi connectivity index (χ1v) is 7.51. The van der Waals surface area contributed by atoms with Crippen molar-refractivity contribution in [1.82, 2.24) is 0 Å². The molecule has 3 atom stereocenters. The highest BCUT2D eigenvalue weighted by Crippen LogP contribution is 2.36. The van der Waals surface area contributed by atoms with Crippen LogP contribution in [0.4, 0.5) is 4.39 Å². The molecule has 1 aromatic carbocycles. The molecule has 3 heteroatoms. The molecule has 1 fully saturated rings. The number of benzene rings is 1. The average Bonchev–Trinajstić information content (AvgIpc) is 2.42. The molecular weight excluding hydrogens is 255 g/mol. The van der Waals surface area contributed by atoms with Crippen LogP contribution in [0.2, 0.25) is 0 Å². The third kappa shape index (κ3) is 3.51. The van der Waals surface area contributed by atoms with E-state index >= 15 is 0 Å². The van der Waals surface area contributed by atoms with Gasteiger partial charge in [0.15, 0.2) is 0 Å². The Morgan fingerprint density at radius 3 is 2.70 bits per heavy atom. The van der Waals surface area contributed by atoms with Crippen LogP contribution in [0.15, 0.2) is 18.2 Å². The fourth-order valence-corrected chi connectivity index (χ4v) is 3.21. The third-order valence-electron chi connectivity index (χ3n) is 4.67. The van der Waals surface area contributed by atoms with E-state index < -0.39 is 0 Å². The van der Waals surface area contributed by atoms with Crippen molar-refractivity contribution in [2.24, 2.45) is 17.8 Å². The number of rotatable bonds is 4. The van der Waals surface area contributed by atoms with Gasteiger partial charge in [-0.3, -0.25) is 0 Å². The lowest BCUT2D eigenvalue weighted by Gasteiger charge is -2.35. The predicted molar refractivity (Wildman–Crippen MR) is 78.3 cm³/mol. The van der Waals surface area contributed by atoms with Crippen LogP contribution in [0.1, 0.15) is 38.7 Å². The van der Waals surface area contributed by atoms with Gasteiger partial charge in [0.1, 0.15) is 11.6 Å². The molecule has 2 rings (SSSR count). The molecule has 0 radical (unpaired) electrons. The van der Waals surface area contributed by atoms with Crippen molar-refractivity contribution in [2.75, 3.05) is 7.11 Å². The fourth-order valence-electron chi connectivity index (χ4n) is 3.21. The van der Waals surface area contributed by atoms with E-state index in [9.17, 15) is 9.50 Å². The van der Waals surface area contributed by atoms with Crippen LogP contribution < -0.4 is 4.74 Å². The van der Waals surface area contributed by atoms with E-state index in [0.717, 1.165) is 19.3 Å². The summed E-state index contributed by atoms with van der Waals surface area (Å²) in [7, 11) is 1.53. The van der Waals surface area contributed by atoms with Crippen molar-refractivity contribution < 1.29 is 14.2 Å². The second-order valence-electron chi connectivity index (χ2n) is 6.31. The van der Waals surface area contributed by atoms with Crippen molar-refractivity contribution >= 4 is 0 Å². The van der Waals surface area contributed by atoms with Crippen molar-refractivity contribution in [2.45, 2.75) is 45.6 Å². The van der Waals surface area contributed by atoms with Crippen LogP contribution in [0.3, 0.4) is 0 Å². The average molecular weight is 280 g/mol. The summed E-state index contributed by atoms with van der Waals surface area (Å²) in [6.45, 7) is 4.46. The van der Waals surface area contributed by atoms with Gasteiger partial charge in [0.25, 0.3) is 0 Å². The van der Waals surface area contributed by atoms with Gasteiger partial charge in [0, 0.05) is 6.07 Å². The Balaban J connectivity index is 2.07.